The predicted octanol–water partition coefficient (Wildman–Crippen LogP) is 1.98. The van der Waals surface area contributed by atoms with E-state index in [2.05, 4.69) is 6.58 Å². The van der Waals surface area contributed by atoms with Crippen LogP contribution in [0, 0.1) is 0 Å². The Balaban J connectivity index is 4.77. The van der Waals surface area contributed by atoms with E-state index in [-0.39, 0.29) is 0 Å². The topological polar surface area (TPSA) is 43.1 Å². The molecule has 13 heavy (non-hydrogen) atoms. The van der Waals surface area contributed by atoms with E-state index in [1.807, 2.05) is 19.9 Å². The summed E-state index contributed by atoms with van der Waals surface area (Å²) >= 11 is 0. The molecule has 0 heterocycles. The van der Waals surface area contributed by atoms with E-state index in [1.165, 1.54) is 0 Å². The van der Waals surface area contributed by atoms with Gasteiger partial charge >= 0.3 is 0 Å². The molecule has 0 saturated carbocycles. The maximum atomic E-state index is 10.4. The molecule has 0 aromatic rings. The van der Waals surface area contributed by atoms with Gasteiger partial charge in [0, 0.05) is 0 Å². The zero-order chi connectivity index (χ0) is 10.5. The maximum absolute atomic E-state index is 10.4. The van der Waals surface area contributed by atoms with Crippen LogP contribution in [-0.4, -0.2) is 11.8 Å². The molecule has 1 atom stereocenters. The molecule has 2 heteroatoms. The molecule has 0 aliphatic rings. The molecule has 1 unspecified atom stereocenters. The molecule has 0 spiro atoms. The van der Waals surface area contributed by atoms with E-state index < -0.39 is 5.54 Å². The third-order valence-corrected chi connectivity index (χ3v) is 1.59. The van der Waals surface area contributed by atoms with E-state index in [9.17, 15) is 4.79 Å². The molecular formula is C11H17NO. The Bertz CT molecular complexity index is 233. The van der Waals surface area contributed by atoms with Crippen molar-refractivity contribution in [3.8, 4) is 0 Å². The van der Waals surface area contributed by atoms with Crippen molar-refractivity contribution in [1.29, 1.82) is 0 Å². The van der Waals surface area contributed by atoms with Crippen LogP contribution in [0.15, 0.2) is 36.0 Å². The van der Waals surface area contributed by atoms with E-state index >= 15 is 0 Å². The average Bonchev–Trinajstić information content (AvgIpc) is 2.02. The standard InChI is InChI=1S/C11H17NO/c1-5-9(2)6-11(4,12)7-10(3)8-13/h5-8H,1,12H2,2-4H3/b9-6-,10-7+. The molecule has 0 fully saturated rings. The normalized spacial score (nSPS) is 17.8. The highest BCUT2D eigenvalue weighted by atomic mass is 16.1. The van der Waals surface area contributed by atoms with E-state index in [0.717, 1.165) is 11.9 Å². The number of nitrogens with two attached hydrogens (primary N) is 1. The number of hydrogen-bond donors (Lipinski definition) is 1. The van der Waals surface area contributed by atoms with Gasteiger partial charge in [-0.05, 0) is 26.3 Å². The minimum absolute atomic E-state index is 0.580. The Morgan fingerprint density at radius 1 is 1.31 bits per heavy atom. The number of rotatable bonds is 4. The summed E-state index contributed by atoms with van der Waals surface area (Å²) in [4.78, 5) is 10.4. The lowest BCUT2D eigenvalue weighted by Crippen LogP contribution is -2.31. The highest BCUT2D eigenvalue weighted by Gasteiger charge is 2.11. The summed E-state index contributed by atoms with van der Waals surface area (Å²) in [5, 5.41) is 0. The van der Waals surface area contributed by atoms with Crippen molar-refractivity contribution in [2.45, 2.75) is 26.3 Å². The zero-order valence-electron chi connectivity index (χ0n) is 8.50. The molecule has 0 aromatic heterocycles. The quantitative estimate of drug-likeness (QED) is 0.407. The largest absolute Gasteiger partial charge is 0.319 e. The fourth-order valence-electron chi connectivity index (χ4n) is 1.12. The summed E-state index contributed by atoms with van der Waals surface area (Å²) in [7, 11) is 0. The number of hydrogen-bond acceptors (Lipinski definition) is 2. The molecule has 0 saturated heterocycles. The lowest BCUT2D eigenvalue weighted by Gasteiger charge is -2.16. The monoisotopic (exact) mass is 179 g/mol. The summed E-state index contributed by atoms with van der Waals surface area (Å²) in [6, 6.07) is 0. The van der Waals surface area contributed by atoms with Crippen LogP contribution in [0.25, 0.3) is 0 Å². The third-order valence-electron chi connectivity index (χ3n) is 1.59. The molecule has 2 nitrogen and oxygen atoms in total. The summed E-state index contributed by atoms with van der Waals surface area (Å²) in [6.45, 7) is 9.12. The summed E-state index contributed by atoms with van der Waals surface area (Å²) < 4.78 is 0. The SMILES string of the molecule is C=C/C(C)=C\C(C)(N)/C=C(\C)C=O. The lowest BCUT2D eigenvalue weighted by atomic mass is 9.98. The summed E-state index contributed by atoms with van der Waals surface area (Å²) in [5.41, 5.74) is 6.97. The first-order chi connectivity index (χ1) is 5.91. The van der Waals surface area contributed by atoms with Crippen molar-refractivity contribution in [3.05, 3.63) is 36.0 Å². The van der Waals surface area contributed by atoms with Crippen molar-refractivity contribution in [3.63, 3.8) is 0 Å². The Kier molecular flexibility index (Phi) is 4.35. The molecule has 0 rings (SSSR count). The van der Waals surface area contributed by atoms with E-state index in [1.54, 1.807) is 19.1 Å². The van der Waals surface area contributed by atoms with Gasteiger partial charge in [0.25, 0.3) is 0 Å². The molecule has 0 amide bonds. The minimum atomic E-state index is -0.580. The first-order valence-electron chi connectivity index (χ1n) is 4.16. The Morgan fingerprint density at radius 3 is 2.15 bits per heavy atom. The van der Waals surface area contributed by atoms with Crippen molar-refractivity contribution in [2.24, 2.45) is 5.73 Å². The second-order valence-electron chi connectivity index (χ2n) is 3.46. The number of carbonyl (C=O) groups excluding carboxylic acids is 1. The number of allylic oxidation sites excluding steroid dienone is 3. The van der Waals surface area contributed by atoms with Crippen LogP contribution < -0.4 is 5.73 Å². The van der Waals surface area contributed by atoms with Gasteiger partial charge in [-0.25, -0.2) is 0 Å². The van der Waals surface area contributed by atoms with Gasteiger partial charge in [0.15, 0.2) is 0 Å². The van der Waals surface area contributed by atoms with Crippen molar-refractivity contribution in [2.75, 3.05) is 0 Å². The van der Waals surface area contributed by atoms with Crippen LogP contribution in [0.4, 0.5) is 0 Å². The first-order valence-corrected chi connectivity index (χ1v) is 4.16. The maximum Gasteiger partial charge on any atom is 0.145 e. The highest BCUT2D eigenvalue weighted by molar-refractivity contribution is 5.72. The van der Waals surface area contributed by atoms with Crippen LogP contribution in [-0.2, 0) is 4.79 Å². The smallest absolute Gasteiger partial charge is 0.145 e. The van der Waals surface area contributed by atoms with Crippen LogP contribution >= 0.6 is 0 Å². The number of aldehydes is 1. The minimum Gasteiger partial charge on any atom is -0.319 e. The van der Waals surface area contributed by atoms with Gasteiger partial charge in [0.05, 0.1) is 5.54 Å². The van der Waals surface area contributed by atoms with Gasteiger partial charge < -0.3 is 5.73 Å². The van der Waals surface area contributed by atoms with Gasteiger partial charge in [-0.3, -0.25) is 4.79 Å². The lowest BCUT2D eigenvalue weighted by molar-refractivity contribution is -0.104. The molecule has 0 aliphatic carbocycles. The molecule has 0 bridgehead atoms. The van der Waals surface area contributed by atoms with Crippen molar-refractivity contribution < 1.29 is 4.79 Å². The number of carbonyl (C=O) groups is 1. The summed E-state index contributed by atoms with van der Waals surface area (Å²) in [5.74, 6) is 0. The fourth-order valence-corrected chi connectivity index (χ4v) is 1.12. The molecule has 72 valence electrons. The van der Waals surface area contributed by atoms with E-state index in [0.29, 0.717) is 5.57 Å². The zero-order valence-corrected chi connectivity index (χ0v) is 8.50. The fraction of sp³-hybridized carbons (Fsp3) is 0.364. The average molecular weight is 179 g/mol. The van der Waals surface area contributed by atoms with Gasteiger partial charge in [0.2, 0.25) is 0 Å². The molecule has 0 radical (unpaired) electrons. The van der Waals surface area contributed by atoms with Crippen LogP contribution in [0.5, 0.6) is 0 Å². The first kappa shape index (κ1) is 11.8. The highest BCUT2D eigenvalue weighted by Crippen LogP contribution is 2.10. The molecule has 0 aliphatic heterocycles. The second-order valence-corrected chi connectivity index (χ2v) is 3.46. The van der Waals surface area contributed by atoms with Gasteiger partial charge in [-0.1, -0.05) is 30.4 Å². The van der Waals surface area contributed by atoms with Gasteiger partial charge in [-0.15, -0.1) is 0 Å². The van der Waals surface area contributed by atoms with Crippen molar-refractivity contribution >= 4 is 6.29 Å². The van der Waals surface area contributed by atoms with Crippen molar-refractivity contribution in [1.82, 2.24) is 0 Å². The molecule has 2 N–H and O–H groups in total. The Hall–Kier alpha value is -1.15. The second kappa shape index (κ2) is 4.77. The van der Waals surface area contributed by atoms with Crippen LogP contribution in [0.2, 0.25) is 0 Å². The van der Waals surface area contributed by atoms with Gasteiger partial charge in [-0.2, -0.15) is 0 Å². The summed E-state index contributed by atoms with van der Waals surface area (Å²) in [6.07, 6.45) is 6.12. The van der Waals surface area contributed by atoms with Gasteiger partial charge in [0.1, 0.15) is 6.29 Å². The molecule has 0 aromatic carbocycles. The Labute approximate surface area is 79.8 Å². The molecular weight excluding hydrogens is 162 g/mol. The van der Waals surface area contributed by atoms with E-state index in [4.69, 9.17) is 5.73 Å². The van der Waals surface area contributed by atoms with Crippen LogP contribution in [0.1, 0.15) is 20.8 Å². The predicted molar refractivity (Wildman–Crippen MR) is 56.4 cm³/mol. The Morgan fingerprint density at radius 2 is 1.77 bits per heavy atom. The van der Waals surface area contributed by atoms with Crippen LogP contribution in [0.3, 0.4) is 0 Å². The third kappa shape index (κ3) is 5.15.